The topological polar surface area (TPSA) is 17.1 Å². The predicted octanol–water partition coefficient (Wildman–Crippen LogP) is 3.18. The minimum Gasteiger partial charge on any atom is -0.265 e. The van der Waals surface area contributed by atoms with Crippen molar-refractivity contribution in [1.82, 2.24) is 0 Å². The Kier molecular flexibility index (Phi) is 1.73. The van der Waals surface area contributed by atoms with Crippen LogP contribution in [0.3, 0.4) is 0 Å². The molecule has 2 aromatic rings. The molecule has 10 heavy (non-hydrogen) atoms. The standard InChI is InChI=1S/C4OS5/c5-3-7-1-2(8-3)10-4(6)9-1. The van der Waals surface area contributed by atoms with Gasteiger partial charge in [-0.2, -0.15) is 0 Å². The summed E-state index contributed by atoms with van der Waals surface area (Å²) >= 11 is 10.6. The van der Waals surface area contributed by atoms with Crippen molar-refractivity contribution in [3.8, 4) is 0 Å². The van der Waals surface area contributed by atoms with Crippen molar-refractivity contribution in [1.29, 1.82) is 0 Å². The Bertz CT molecular complexity index is 376. The number of fused-ring (bicyclic) bond motifs is 1. The Labute approximate surface area is 77.2 Å². The Morgan fingerprint density at radius 3 is 2.00 bits per heavy atom. The number of rotatable bonds is 0. The van der Waals surface area contributed by atoms with Crippen molar-refractivity contribution < 1.29 is 0 Å². The average molecular weight is 224 g/mol. The maximum Gasteiger partial charge on any atom is 0.290 e. The molecule has 2 heterocycles. The molecule has 0 spiro atoms. The van der Waals surface area contributed by atoms with Gasteiger partial charge in [-0.15, -0.1) is 22.7 Å². The largest absolute Gasteiger partial charge is 0.290 e. The van der Waals surface area contributed by atoms with Crippen molar-refractivity contribution in [2.75, 3.05) is 0 Å². The van der Waals surface area contributed by atoms with Crippen LogP contribution in [0.15, 0.2) is 4.79 Å². The summed E-state index contributed by atoms with van der Waals surface area (Å²) in [7, 11) is 0. The Hall–Kier alpha value is 0.380. The molecule has 2 aromatic heterocycles. The Morgan fingerprint density at radius 2 is 1.50 bits per heavy atom. The second-order valence-electron chi connectivity index (χ2n) is 1.48. The molecule has 0 radical (unpaired) electrons. The average Bonchev–Trinajstić information content (AvgIpc) is 2.21. The summed E-state index contributed by atoms with van der Waals surface area (Å²) in [5, 5.41) is 0. The Balaban J connectivity index is 3.09. The second kappa shape index (κ2) is 2.46. The molecule has 0 N–H and O–H groups in total. The van der Waals surface area contributed by atoms with E-state index in [0.29, 0.717) is 0 Å². The molecule has 0 bridgehead atoms. The van der Waals surface area contributed by atoms with Crippen molar-refractivity contribution in [3.63, 3.8) is 0 Å². The van der Waals surface area contributed by atoms with Gasteiger partial charge in [-0.3, -0.25) is 4.79 Å². The fourth-order valence-corrected chi connectivity index (χ4v) is 6.56. The van der Waals surface area contributed by atoms with E-state index in [9.17, 15) is 4.79 Å². The smallest absolute Gasteiger partial charge is 0.265 e. The minimum atomic E-state index is 0.174. The van der Waals surface area contributed by atoms with E-state index >= 15 is 0 Å². The third-order valence-corrected chi connectivity index (χ3v) is 6.11. The third-order valence-electron chi connectivity index (χ3n) is 0.871. The van der Waals surface area contributed by atoms with Gasteiger partial charge >= 0.3 is 0 Å². The predicted molar refractivity (Wildman–Crippen MR) is 52.6 cm³/mol. The molecule has 0 aliphatic heterocycles. The maximum absolute atomic E-state index is 10.8. The molecule has 0 fully saturated rings. The van der Waals surface area contributed by atoms with Gasteiger partial charge in [0.15, 0.2) is 0 Å². The molecule has 0 atom stereocenters. The van der Waals surface area contributed by atoms with Gasteiger partial charge in [0.2, 0.25) is 0 Å². The molecule has 0 aliphatic rings. The van der Waals surface area contributed by atoms with Gasteiger partial charge < -0.3 is 0 Å². The van der Waals surface area contributed by atoms with Gasteiger partial charge in [0, 0.05) is 0 Å². The van der Waals surface area contributed by atoms with Crippen LogP contribution in [0, 0.1) is 3.14 Å². The molecule has 6 heteroatoms. The summed E-state index contributed by atoms with van der Waals surface area (Å²) in [5.41, 5.74) is 0. The fraction of sp³-hybridized carbons (Fsp3) is 0. The number of hydrogen-bond donors (Lipinski definition) is 0. The Morgan fingerprint density at radius 1 is 1.00 bits per heavy atom. The second-order valence-corrected chi connectivity index (χ2v) is 7.45. The highest BCUT2D eigenvalue weighted by Gasteiger charge is 2.01. The molecule has 2 rings (SSSR count). The van der Waals surface area contributed by atoms with E-state index in [2.05, 4.69) is 0 Å². The highest BCUT2D eigenvalue weighted by molar-refractivity contribution is 7.78. The first-order valence-corrected chi connectivity index (χ1v) is 5.97. The van der Waals surface area contributed by atoms with Gasteiger partial charge in [0.05, 0.1) is 0 Å². The summed E-state index contributed by atoms with van der Waals surface area (Å²) in [5.74, 6) is 0. The zero-order valence-electron chi connectivity index (χ0n) is 4.45. The number of hydrogen-bond acceptors (Lipinski definition) is 6. The van der Waals surface area contributed by atoms with Crippen molar-refractivity contribution in [2.24, 2.45) is 0 Å². The SMILES string of the molecule is O=c1sc2sc(=S)sc2s1. The molecular formula is C4OS5. The highest BCUT2D eigenvalue weighted by atomic mass is 32.2. The van der Waals surface area contributed by atoms with E-state index in [1.54, 1.807) is 0 Å². The maximum atomic E-state index is 10.8. The van der Waals surface area contributed by atoms with Crippen LogP contribution in [0.25, 0.3) is 8.03 Å². The molecule has 0 aliphatic carbocycles. The lowest BCUT2D eigenvalue weighted by Gasteiger charge is -1.59. The summed E-state index contributed by atoms with van der Waals surface area (Å²) in [6.45, 7) is 0. The zero-order chi connectivity index (χ0) is 7.14. The van der Waals surface area contributed by atoms with Gasteiger partial charge in [-0.05, 0) is 0 Å². The molecular weight excluding hydrogens is 224 g/mol. The summed E-state index contributed by atoms with van der Waals surface area (Å²) in [6, 6.07) is 0. The van der Waals surface area contributed by atoms with Crippen LogP contribution in [0.2, 0.25) is 0 Å². The van der Waals surface area contributed by atoms with Gasteiger partial charge in [-0.25, -0.2) is 0 Å². The molecule has 1 nitrogen and oxygen atoms in total. The van der Waals surface area contributed by atoms with Crippen LogP contribution >= 0.6 is 57.6 Å². The highest BCUT2D eigenvalue weighted by Crippen LogP contribution is 2.32. The molecule has 0 saturated heterocycles. The minimum absolute atomic E-state index is 0.174. The third kappa shape index (κ3) is 1.10. The van der Waals surface area contributed by atoms with Gasteiger partial charge in [0.1, 0.15) is 11.2 Å². The van der Waals surface area contributed by atoms with Crippen molar-refractivity contribution in [3.05, 3.63) is 12.0 Å². The lowest BCUT2D eigenvalue weighted by atomic mass is 11.1. The van der Waals surface area contributed by atoms with Crippen LogP contribution in [0.4, 0.5) is 0 Å². The molecule has 52 valence electrons. The summed E-state index contributed by atoms with van der Waals surface area (Å²) < 4.78 is 3.26. The van der Waals surface area contributed by atoms with Gasteiger partial charge in [0.25, 0.3) is 4.06 Å². The van der Waals surface area contributed by atoms with E-state index in [-0.39, 0.29) is 4.06 Å². The van der Waals surface area contributed by atoms with Crippen LogP contribution in [-0.4, -0.2) is 0 Å². The quantitative estimate of drug-likeness (QED) is 0.639. The van der Waals surface area contributed by atoms with Gasteiger partial charge in [-0.1, -0.05) is 34.9 Å². The normalized spacial score (nSPS) is 10.8. The van der Waals surface area contributed by atoms with Crippen molar-refractivity contribution in [2.45, 2.75) is 0 Å². The molecule has 0 amide bonds. The molecule has 0 aromatic carbocycles. The lowest BCUT2D eigenvalue weighted by Crippen LogP contribution is -1.72. The van der Waals surface area contributed by atoms with E-state index in [0.717, 1.165) is 11.2 Å². The monoisotopic (exact) mass is 224 g/mol. The first kappa shape index (κ1) is 7.05. The fourth-order valence-electron chi connectivity index (χ4n) is 0.553. The van der Waals surface area contributed by atoms with Crippen LogP contribution in [0.1, 0.15) is 0 Å². The van der Waals surface area contributed by atoms with E-state index in [4.69, 9.17) is 12.2 Å². The molecule has 0 unspecified atom stereocenters. The first-order chi connectivity index (χ1) is 4.75. The lowest BCUT2D eigenvalue weighted by molar-refractivity contribution is 2.25. The van der Waals surface area contributed by atoms with Crippen LogP contribution in [0.5, 0.6) is 0 Å². The zero-order valence-corrected chi connectivity index (χ0v) is 8.53. The summed E-state index contributed by atoms with van der Waals surface area (Å²) in [4.78, 5) is 10.8. The molecule has 0 saturated carbocycles. The van der Waals surface area contributed by atoms with E-state index in [1.165, 1.54) is 45.3 Å². The van der Waals surface area contributed by atoms with Crippen LogP contribution in [-0.2, 0) is 0 Å². The summed E-state index contributed by atoms with van der Waals surface area (Å²) in [6.07, 6.45) is 0. The first-order valence-electron chi connectivity index (χ1n) is 2.29. The van der Waals surface area contributed by atoms with Crippen LogP contribution < -0.4 is 4.06 Å². The van der Waals surface area contributed by atoms with E-state index in [1.807, 2.05) is 0 Å². The van der Waals surface area contributed by atoms with Crippen molar-refractivity contribution >= 4 is 65.6 Å². The van der Waals surface area contributed by atoms with E-state index < -0.39 is 0 Å².